The van der Waals surface area contributed by atoms with E-state index in [0.29, 0.717) is 0 Å². The quantitative estimate of drug-likeness (QED) is 0.501. The van der Waals surface area contributed by atoms with Gasteiger partial charge in [0.05, 0.1) is 5.92 Å². The van der Waals surface area contributed by atoms with E-state index in [1.165, 1.54) is 0 Å². The van der Waals surface area contributed by atoms with Crippen LogP contribution in [0.5, 0.6) is 0 Å². The van der Waals surface area contributed by atoms with E-state index in [-0.39, 0.29) is 6.08 Å². The van der Waals surface area contributed by atoms with Crippen molar-refractivity contribution in [3.63, 3.8) is 0 Å². The minimum Gasteiger partial charge on any atom is -0.236 e. The maximum Gasteiger partial charge on any atom is 0.168 e. The summed E-state index contributed by atoms with van der Waals surface area (Å²) < 4.78 is 51.0. The van der Waals surface area contributed by atoms with Crippen molar-refractivity contribution in [2.75, 3.05) is 0 Å². The number of rotatable bonds is 0. The van der Waals surface area contributed by atoms with Crippen LogP contribution in [0, 0.1) is 5.92 Å². The number of allylic oxidation sites excluding steroid dienone is 4. The van der Waals surface area contributed by atoms with Gasteiger partial charge in [0.25, 0.3) is 0 Å². The maximum absolute atomic E-state index is 13.2. The van der Waals surface area contributed by atoms with Crippen LogP contribution >= 0.6 is 0 Å². The number of hydrogen-bond donors (Lipinski definition) is 0. The Hall–Kier alpha value is -0.800. The predicted octanol–water partition coefficient (Wildman–Crippen LogP) is 3.37. The van der Waals surface area contributed by atoms with Gasteiger partial charge in [0.1, 0.15) is 11.7 Å². The van der Waals surface area contributed by atoms with Crippen LogP contribution in [0.25, 0.3) is 0 Å². The van der Waals surface area contributed by atoms with Crippen molar-refractivity contribution < 1.29 is 17.6 Å². The molecule has 0 aromatic rings. The van der Waals surface area contributed by atoms with Gasteiger partial charge in [-0.3, -0.25) is 0 Å². The Bertz CT molecular complexity index is 262. The van der Waals surface area contributed by atoms with Crippen LogP contribution in [-0.4, -0.2) is 5.67 Å². The molecule has 0 amide bonds. The Balaban J connectivity index is 3.16. The second-order valence-corrected chi connectivity index (χ2v) is 2.99. The highest BCUT2D eigenvalue weighted by Gasteiger charge is 2.43. The van der Waals surface area contributed by atoms with Gasteiger partial charge in [-0.05, 0) is 6.92 Å². The monoisotopic (exact) mass is 180 g/mol. The zero-order valence-electron chi connectivity index (χ0n) is 6.67. The van der Waals surface area contributed by atoms with Crippen LogP contribution in [0.3, 0.4) is 0 Å². The summed E-state index contributed by atoms with van der Waals surface area (Å²) in [6.45, 7) is 1.98. The van der Waals surface area contributed by atoms with E-state index in [9.17, 15) is 17.6 Å². The normalized spacial score (nSPS) is 36.8. The Morgan fingerprint density at radius 1 is 1.33 bits per heavy atom. The third-order valence-electron chi connectivity index (χ3n) is 2.14. The first-order valence-corrected chi connectivity index (χ1v) is 3.49. The topological polar surface area (TPSA) is 0 Å². The zero-order chi connectivity index (χ0) is 9.52. The van der Waals surface area contributed by atoms with Crippen molar-refractivity contribution >= 4 is 0 Å². The molecule has 4 heteroatoms. The number of hydrogen-bond acceptors (Lipinski definition) is 0. The SMILES string of the molecule is C[C@@H]1C(F)=C(F)C=C(F)[C@@]1(C)F. The molecular weight excluding hydrogens is 172 g/mol. The summed E-state index contributed by atoms with van der Waals surface area (Å²) in [5.41, 5.74) is -2.43. The van der Waals surface area contributed by atoms with Crippen LogP contribution in [0.15, 0.2) is 23.6 Å². The molecule has 0 spiro atoms. The van der Waals surface area contributed by atoms with E-state index in [1.54, 1.807) is 0 Å². The fourth-order valence-electron chi connectivity index (χ4n) is 0.973. The van der Waals surface area contributed by atoms with Crippen LogP contribution in [0.4, 0.5) is 17.6 Å². The standard InChI is InChI=1S/C8H8F4/c1-4-7(11)5(9)3-6(10)8(4,2)12/h3-4H,1-2H3/t4-,8+/m1/s1. The smallest absolute Gasteiger partial charge is 0.168 e. The van der Waals surface area contributed by atoms with Gasteiger partial charge in [-0.15, -0.1) is 0 Å². The van der Waals surface area contributed by atoms with E-state index in [1.807, 2.05) is 0 Å². The van der Waals surface area contributed by atoms with Crippen LogP contribution in [-0.2, 0) is 0 Å². The van der Waals surface area contributed by atoms with Crippen molar-refractivity contribution in [3.05, 3.63) is 23.6 Å². The fourth-order valence-corrected chi connectivity index (χ4v) is 0.973. The Kier molecular flexibility index (Phi) is 2.02. The van der Waals surface area contributed by atoms with Gasteiger partial charge < -0.3 is 0 Å². The van der Waals surface area contributed by atoms with Gasteiger partial charge in [0.2, 0.25) is 0 Å². The summed E-state index contributed by atoms with van der Waals surface area (Å²) in [6, 6.07) is 0. The molecule has 0 aliphatic heterocycles. The lowest BCUT2D eigenvalue weighted by atomic mass is 9.86. The molecular formula is C8H8F4. The van der Waals surface area contributed by atoms with Crippen molar-refractivity contribution in [3.8, 4) is 0 Å². The van der Waals surface area contributed by atoms with Crippen molar-refractivity contribution in [2.45, 2.75) is 19.5 Å². The van der Waals surface area contributed by atoms with Gasteiger partial charge in [-0.1, -0.05) is 6.92 Å². The molecule has 0 saturated heterocycles. The largest absolute Gasteiger partial charge is 0.236 e. The second-order valence-electron chi connectivity index (χ2n) is 2.99. The molecule has 0 aromatic heterocycles. The first-order valence-electron chi connectivity index (χ1n) is 3.49. The lowest BCUT2D eigenvalue weighted by Gasteiger charge is -2.27. The molecule has 0 bridgehead atoms. The molecule has 0 N–H and O–H groups in total. The highest BCUT2D eigenvalue weighted by molar-refractivity contribution is 5.31. The van der Waals surface area contributed by atoms with Gasteiger partial charge in [-0.25, -0.2) is 17.6 Å². The van der Waals surface area contributed by atoms with Gasteiger partial charge in [-0.2, -0.15) is 0 Å². The number of alkyl halides is 1. The van der Waals surface area contributed by atoms with Crippen molar-refractivity contribution in [1.82, 2.24) is 0 Å². The van der Waals surface area contributed by atoms with Crippen LogP contribution in [0.1, 0.15) is 13.8 Å². The molecule has 0 unspecified atom stereocenters. The maximum atomic E-state index is 13.2. The second kappa shape index (κ2) is 2.61. The zero-order valence-corrected chi connectivity index (χ0v) is 6.67. The summed E-state index contributed by atoms with van der Waals surface area (Å²) in [4.78, 5) is 0. The van der Waals surface area contributed by atoms with E-state index >= 15 is 0 Å². The molecule has 1 aliphatic carbocycles. The summed E-state index contributed by atoms with van der Waals surface area (Å²) in [5, 5.41) is 0. The molecule has 0 aromatic carbocycles. The summed E-state index contributed by atoms with van der Waals surface area (Å²) >= 11 is 0. The van der Waals surface area contributed by atoms with E-state index in [2.05, 4.69) is 0 Å². The Morgan fingerprint density at radius 2 is 1.83 bits per heavy atom. The van der Waals surface area contributed by atoms with Gasteiger partial charge >= 0.3 is 0 Å². The Labute approximate surface area is 67.6 Å². The molecule has 12 heavy (non-hydrogen) atoms. The highest BCUT2D eigenvalue weighted by atomic mass is 19.2. The fraction of sp³-hybridized carbons (Fsp3) is 0.500. The van der Waals surface area contributed by atoms with E-state index in [0.717, 1.165) is 13.8 Å². The van der Waals surface area contributed by atoms with Gasteiger partial charge in [0.15, 0.2) is 11.5 Å². The Morgan fingerprint density at radius 3 is 2.33 bits per heavy atom. The molecule has 2 atom stereocenters. The average Bonchev–Trinajstić information content (AvgIpc) is 1.99. The van der Waals surface area contributed by atoms with Gasteiger partial charge in [0, 0.05) is 6.08 Å². The molecule has 1 aliphatic rings. The van der Waals surface area contributed by atoms with E-state index < -0.39 is 29.1 Å². The highest BCUT2D eigenvalue weighted by Crippen LogP contribution is 2.41. The molecule has 0 fully saturated rings. The minimum absolute atomic E-state index is 0.245. The van der Waals surface area contributed by atoms with Crippen molar-refractivity contribution in [1.29, 1.82) is 0 Å². The molecule has 0 saturated carbocycles. The van der Waals surface area contributed by atoms with Crippen LogP contribution < -0.4 is 0 Å². The lowest BCUT2D eigenvalue weighted by molar-refractivity contribution is 0.122. The summed E-state index contributed by atoms with van der Waals surface area (Å²) in [6.07, 6.45) is 0.245. The minimum atomic E-state index is -2.43. The number of halogens is 4. The van der Waals surface area contributed by atoms with E-state index in [4.69, 9.17) is 0 Å². The van der Waals surface area contributed by atoms with Crippen LogP contribution in [0.2, 0.25) is 0 Å². The lowest BCUT2D eigenvalue weighted by Crippen LogP contribution is -2.31. The molecule has 0 nitrogen and oxygen atoms in total. The molecule has 0 radical (unpaired) electrons. The summed E-state index contributed by atoms with van der Waals surface area (Å²) in [5.74, 6) is -5.23. The first-order chi connectivity index (χ1) is 5.37. The third kappa shape index (κ3) is 1.15. The average molecular weight is 180 g/mol. The molecule has 1 rings (SSSR count). The molecule has 68 valence electrons. The molecule has 0 heterocycles. The van der Waals surface area contributed by atoms with Crippen molar-refractivity contribution in [2.24, 2.45) is 5.92 Å². The first kappa shape index (κ1) is 9.29. The third-order valence-corrected chi connectivity index (χ3v) is 2.14. The predicted molar refractivity (Wildman–Crippen MR) is 37.1 cm³/mol. The summed E-state index contributed by atoms with van der Waals surface area (Å²) in [7, 11) is 0.